The number of benzene rings is 2. The number of ether oxygens (including phenoxy) is 4. The number of hydrogen-bond acceptors (Lipinski definition) is 14. The van der Waals surface area contributed by atoms with Crippen LogP contribution in [0.1, 0.15) is 58.4 Å². The molecule has 2 unspecified atom stereocenters. The summed E-state index contributed by atoms with van der Waals surface area (Å²) in [7, 11) is 8.85. The Morgan fingerprint density at radius 1 is 0.922 bits per heavy atom. The minimum atomic E-state index is -1.05. The average Bonchev–Trinajstić information content (AvgIpc) is 3.81. The molecule has 5 heterocycles. The summed E-state index contributed by atoms with van der Waals surface area (Å²) in [6, 6.07) is 9.38. The van der Waals surface area contributed by atoms with Crippen LogP contribution in [0.3, 0.4) is 0 Å². The van der Waals surface area contributed by atoms with Crippen LogP contribution in [0, 0.1) is 5.92 Å². The van der Waals surface area contributed by atoms with Crippen LogP contribution in [0.15, 0.2) is 47.4 Å². The highest BCUT2D eigenvalue weighted by Gasteiger charge is 2.45. The summed E-state index contributed by atoms with van der Waals surface area (Å²) in [4.78, 5) is 95.1. The second kappa shape index (κ2) is 20.1. The van der Waals surface area contributed by atoms with Crippen molar-refractivity contribution in [3.63, 3.8) is 0 Å². The summed E-state index contributed by atoms with van der Waals surface area (Å²) in [5.74, 6) is -1.71. The summed E-state index contributed by atoms with van der Waals surface area (Å²) in [6.45, 7) is 2.68. The number of hydrogen-bond donors (Lipinski definition) is 3. The molecule has 18 nitrogen and oxygen atoms in total. The van der Waals surface area contributed by atoms with Crippen molar-refractivity contribution in [1.82, 2.24) is 24.6 Å². The third kappa shape index (κ3) is 9.81. The Morgan fingerprint density at radius 2 is 1.66 bits per heavy atom. The minimum Gasteiger partial charge on any atom is -0.496 e. The minimum absolute atomic E-state index is 0.0394. The molecule has 0 saturated carbocycles. The van der Waals surface area contributed by atoms with Crippen LogP contribution in [0.2, 0.25) is 0 Å². The van der Waals surface area contributed by atoms with Crippen molar-refractivity contribution >= 4 is 67.6 Å². The fraction of sp³-hybridized carbons (Fsp3) is 0.444. The lowest BCUT2D eigenvalue weighted by Crippen LogP contribution is -2.54. The first-order valence-electron chi connectivity index (χ1n) is 21.1. The molecule has 0 spiro atoms. The van der Waals surface area contributed by atoms with Gasteiger partial charge in [-0.1, -0.05) is 6.07 Å². The average molecular weight is 900 g/mol. The van der Waals surface area contributed by atoms with Crippen molar-refractivity contribution in [2.24, 2.45) is 13.0 Å². The molecule has 340 valence electrons. The first-order chi connectivity index (χ1) is 30.8. The number of carbonyl (C=O) groups is 6. The van der Waals surface area contributed by atoms with Gasteiger partial charge in [0.2, 0.25) is 23.6 Å². The molecule has 2 aromatic heterocycles. The molecule has 7 rings (SSSR count). The van der Waals surface area contributed by atoms with Crippen LogP contribution in [-0.4, -0.2) is 135 Å². The zero-order valence-electron chi connectivity index (χ0n) is 36.6. The largest absolute Gasteiger partial charge is 0.496 e. The van der Waals surface area contributed by atoms with Crippen molar-refractivity contribution in [1.29, 1.82) is 0 Å². The van der Waals surface area contributed by atoms with Crippen LogP contribution in [0.4, 0.5) is 10.7 Å². The zero-order chi connectivity index (χ0) is 45.7. The number of imide groups is 2. The monoisotopic (exact) mass is 899 g/mol. The second-order valence-corrected chi connectivity index (χ2v) is 17.2. The highest BCUT2D eigenvalue weighted by Crippen LogP contribution is 2.41. The van der Waals surface area contributed by atoms with Crippen molar-refractivity contribution in [3.05, 3.63) is 69.6 Å². The molecule has 0 radical (unpaired) electrons. The first kappa shape index (κ1) is 45.9. The molecule has 3 aliphatic heterocycles. The molecule has 2 saturated heterocycles. The van der Waals surface area contributed by atoms with E-state index < -0.39 is 35.6 Å². The van der Waals surface area contributed by atoms with E-state index in [-0.39, 0.29) is 80.7 Å². The second-order valence-electron chi connectivity index (χ2n) is 16.2. The lowest BCUT2D eigenvalue weighted by molar-refractivity contribution is -0.137. The van der Waals surface area contributed by atoms with Gasteiger partial charge in [-0.05, 0) is 69.3 Å². The van der Waals surface area contributed by atoms with Crippen molar-refractivity contribution < 1.29 is 47.7 Å². The lowest BCUT2D eigenvalue weighted by Gasteiger charge is -2.32. The van der Waals surface area contributed by atoms with E-state index in [2.05, 4.69) is 16.0 Å². The first-order valence-corrected chi connectivity index (χ1v) is 22.0. The number of nitrogens with one attached hydrogen (secondary N) is 3. The summed E-state index contributed by atoms with van der Waals surface area (Å²) < 4.78 is 25.1. The Balaban J connectivity index is 0.856. The standard InChI is InChI=1S/C45H53N7O11S/c1-49(2)24-31-34(60-4)20-27(21-35(31)61-5)30-25-50(3)43(57)29-22-37(64-40(29)30)48-41(55)26-8-7-15-51(23-26)38(54)13-16-62-18-19-63-17-14-46-32-10-6-9-28-39(32)45(59)52(44(28)58)33-11-12-36(53)47-42(33)56/h6,9-10,20-22,25-26,33,46H,7-8,11-19,23-24H2,1-5H3,(H,48,55)(H,47,53,56). The van der Waals surface area contributed by atoms with Crippen LogP contribution < -0.4 is 31.0 Å². The van der Waals surface area contributed by atoms with Crippen molar-refractivity contribution in [3.8, 4) is 22.6 Å². The van der Waals surface area contributed by atoms with Gasteiger partial charge in [-0.15, -0.1) is 11.3 Å². The summed E-state index contributed by atoms with van der Waals surface area (Å²) in [6.07, 6.45) is 3.33. The summed E-state index contributed by atoms with van der Waals surface area (Å²) in [5, 5.41) is 9.36. The molecular weight excluding hydrogens is 847 g/mol. The number of aryl methyl sites for hydroxylation is 1. The molecule has 3 N–H and O–H groups in total. The maximum atomic E-state index is 13.6. The zero-order valence-corrected chi connectivity index (χ0v) is 37.4. The molecule has 2 fully saturated rings. The van der Waals surface area contributed by atoms with Gasteiger partial charge in [0.1, 0.15) is 17.5 Å². The maximum Gasteiger partial charge on any atom is 0.264 e. The van der Waals surface area contributed by atoms with Gasteiger partial charge in [-0.2, -0.15) is 0 Å². The molecule has 0 bridgehead atoms. The number of pyridine rings is 1. The molecular formula is C45H53N7O11S. The lowest BCUT2D eigenvalue weighted by atomic mass is 9.97. The molecule has 2 atom stereocenters. The molecule has 4 aromatic rings. The number of amides is 6. The van der Waals surface area contributed by atoms with E-state index in [9.17, 15) is 33.6 Å². The van der Waals surface area contributed by atoms with E-state index in [4.69, 9.17) is 18.9 Å². The Kier molecular flexibility index (Phi) is 14.4. The number of methoxy groups -OCH3 is 2. The SMILES string of the molecule is COc1cc(-c2cn(C)c(=O)c3cc(NC(=O)C4CCCN(C(=O)CCOCCOCCNc5cccc6c5C(=O)N(C5CCC(=O)NC5=O)C6=O)C4)sc23)cc(OC)c1CN(C)C. The van der Waals surface area contributed by atoms with Crippen molar-refractivity contribution in [2.75, 3.05) is 85.0 Å². The van der Waals surface area contributed by atoms with E-state index in [1.165, 1.54) is 22.0 Å². The Hall–Kier alpha value is -6.15. The molecule has 6 amide bonds. The predicted octanol–water partition coefficient (Wildman–Crippen LogP) is 3.46. The molecule has 0 aliphatic carbocycles. The number of nitrogens with zero attached hydrogens (tertiary/aromatic N) is 4. The number of likely N-dealkylation sites (tertiary alicyclic amines) is 1. The maximum absolute atomic E-state index is 13.6. The fourth-order valence-corrected chi connectivity index (χ4v) is 9.42. The molecule has 2 aromatic carbocycles. The highest BCUT2D eigenvalue weighted by molar-refractivity contribution is 7.23. The van der Waals surface area contributed by atoms with Gasteiger partial charge in [0.15, 0.2) is 0 Å². The summed E-state index contributed by atoms with van der Waals surface area (Å²) >= 11 is 1.32. The van der Waals surface area contributed by atoms with Gasteiger partial charge in [-0.3, -0.25) is 43.8 Å². The van der Waals surface area contributed by atoms with Crippen molar-refractivity contribution in [2.45, 2.75) is 44.7 Å². The molecule has 19 heteroatoms. The van der Waals surface area contributed by atoms with E-state index in [1.54, 1.807) is 50.6 Å². The number of rotatable bonds is 18. The third-order valence-electron chi connectivity index (χ3n) is 11.5. The van der Waals surface area contributed by atoms with Gasteiger partial charge in [-0.25, -0.2) is 0 Å². The third-order valence-corrected chi connectivity index (χ3v) is 12.6. The predicted molar refractivity (Wildman–Crippen MR) is 239 cm³/mol. The topological polar surface area (TPSA) is 207 Å². The normalized spacial score (nSPS) is 17.5. The van der Waals surface area contributed by atoms with Crippen LogP contribution in [0.25, 0.3) is 21.2 Å². The van der Waals surface area contributed by atoms with Gasteiger partial charge in [0, 0.05) is 57.1 Å². The van der Waals surface area contributed by atoms with Gasteiger partial charge in [0.05, 0.1) is 84.8 Å². The Bertz CT molecular complexity index is 2510. The van der Waals surface area contributed by atoms with Crippen LogP contribution >= 0.6 is 11.3 Å². The smallest absolute Gasteiger partial charge is 0.264 e. The van der Waals surface area contributed by atoms with Gasteiger partial charge in [0.25, 0.3) is 17.4 Å². The Morgan fingerprint density at radius 3 is 2.36 bits per heavy atom. The quantitative estimate of drug-likeness (QED) is 0.0968. The van der Waals surface area contributed by atoms with Gasteiger partial charge < -0.3 is 43.9 Å². The number of thiophene rings is 1. The van der Waals surface area contributed by atoms with E-state index in [1.807, 2.05) is 31.1 Å². The summed E-state index contributed by atoms with van der Waals surface area (Å²) in [5.41, 5.74) is 3.10. The molecule has 64 heavy (non-hydrogen) atoms. The van der Waals surface area contributed by atoms with E-state index in [0.29, 0.717) is 60.0 Å². The molecule has 3 aliphatic rings. The van der Waals surface area contributed by atoms with Gasteiger partial charge >= 0.3 is 0 Å². The van der Waals surface area contributed by atoms with E-state index in [0.717, 1.165) is 26.3 Å². The fourth-order valence-electron chi connectivity index (χ4n) is 8.33. The highest BCUT2D eigenvalue weighted by atomic mass is 32.1. The number of carbonyl (C=O) groups excluding carboxylic acids is 6. The number of piperidine rings is 2. The van der Waals surface area contributed by atoms with Crippen LogP contribution in [0.5, 0.6) is 11.5 Å². The Labute approximate surface area is 373 Å². The number of fused-ring (bicyclic) bond motifs is 2. The number of aromatic nitrogens is 1. The van der Waals surface area contributed by atoms with E-state index >= 15 is 0 Å². The number of anilines is 2. The van der Waals surface area contributed by atoms with Crippen LogP contribution in [-0.2, 0) is 42.2 Å².